The summed E-state index contributed by atoms with van der Waals surface area (Å²) < 4.78 is 4.34. The lowest BCUT2D eigenvalue weighted by atomic mass is 10.5. The molecule has 0 aromatic carbocycles. The van der Waals surface area contributed by atoms with E-state index in [0.29, 0.717) is 0 Å². The molecule has 0 saturated heterocycles. The number of halogens is 1. The third-order valence-corrected chi connectivity index (χ3v) is 1.36. The summed E-state index contributed by atoms with van der Waals surface area (Å²) in [5, 5.41) is 0. The predicted octanol–water partition coefficient (Wildman–Crippen LogP) is -0.143. The second-order valence-corrected chi connectivity index (χ2v) is 2.23. The fraction of sp³-hybridized carbons (Fsp3) is 0.667. The van der Waals surface area contributed by atoms with Gasteiger partial charge in [-0.3, -0.25) is 9.59 Å². The summed E-state index contributed by atoms with van der Waals surface area (Å²) in [4.78, 5) is 22.5. The van der Waals surface area contributed by atoms with Crippen LogP contribution in [0.4, 0.5) is 0 Å². The number of rotatable bonds is 3. The minimum Gasteiger partial charge on any atom is -0.468 e. The number of nitrogens with zero attached hydrogens (tertiary/aromatic N) is 1. The van der Waals surface area contributed by atoms with Gasteiger partial charge in [-0.25, -0.2) is 0 Å². The summed E-state index contributed by atoms with van der Waals surface area (Å²) in [6.07, 6.45) is 0. The molecule has 0 heterocycles. The molecular weight excluding hydrogens is 170 g/mol. The Kier molecular flexibility index (Phi) is 4.61. The predicted molar refractivity (Wildman–Crippen MR) is 40.4 cm³/mol. The van der Waals surface area contributed by atoms with Gasteiger partial charge in [0.1, 0.15) is 12.4 Å². The van der Waals surface area contributed by atoms with E-state index < -0.39 is 5.97 Å². The Morgan fingerprint density at radius 2 is 2.09 bits per heavy atom. The highest BCUT2D eigenvalue weighted by Gasteiger charge is 2.10. The third kappa shape index (κ3) is 3.83. The fourth-order valence-corrected chi connectivity index (χ4v) is 0.652. The third-order valence-electron chi connectivity index (χ3n) is 1.13. The van der Waals surface area contributed by atoms with Crippen LogP contribution in [0.2, 0.25) is 0 Å². The van der Waals surface area contributed by atoms with Crippen LogP contribution in [0.5, 0.6) is 0 Å². The van der Waals surface area contributed by atoms with Gasteiger partial charge in [-0.05, 0) is 0 Å². The van der Waals surface area contributed by atoms with E-state index in [1.165, 1.54) is 19.1 Å². The number of methoxy groups -OCH3 is 1. The van der Waals surface area contributed by atoms with E-state index >= 15 is 0 Å². The summed E-state index contributed by atoms with van der Waals surface area (Å²) in [5.41, 5.74) is 0. The number of hydrogen-bond donors (Lipinski definition) is 0. The van der Waals surface area contributed by atoms with E-state index in [0.717, 1.165) is 0 Å². The molecule has 0 bridgehead atoms. The number of esters is 1. The molecule has 0 aliphatic heterocycles. The van der Waals surface area contributed by atoms with Gasteiger partial charge in [-0.2, -0.15) is 0 Å². The minimum absolute atomic E-state index is 0.0535. The lowest BCUT2D eigenvalue weighted by Crippen LogP contribution is -2.33. The van der Waals surface area contributed by atoms with Crippen molar-refractivity contribution >= 4 is 23.5 Å². The van der Waals surface area contributed by atoms with E-state index in [4.69, 9.17) is 11.6 Å². The highest BCUT2D eigenvalue weighted by atomic mass is 35.5. The highest BCUT2D eigenvalue weighted by molar-refractivity contribution is 6.27. The maximum Gasteiger partial charge on any atom is 0.325 e. The maximum atomic E-state index is 10.7. The van der Waals surface area contributed by atoms with Gasteiger partial charge in [-0.15, -0.1) is 11.6 Å². The zero-order chi connectivity index (χ0) is 8.85. The first-order valence-corrected chi connectivity index (χ1v) is 3.52. The standard InChI is InChI=1S/C6H10ClNO3/c1-8(5(9)3-7)4-6(10)11-2/h3-4H2,1-2H3. The molecule has 0 fully saturated rings. The van der Waals surface area contributed by atoms with Crippen molar-refractivity contribution in [2.75, 3.05) is 26.6 Å². The number of ether oxygens (including phenoxy) is 1. The first-order valence-electron chi connectivity index (χ1n) is 2.98. The van der Waals surface area contributed by atoms with Gasteiger partial charge >= 0.3 is 5.97 Å². The molecule has 5 heteroatoms. The molecular formula is C6H10ClNO3. The normalized spacial score (nSPS) is 9.00. The van der Waals surface area contributed by atoms with Crippen LogP contribution in [0.15, 0.2) is 0 Å². The number of likely N-dealkylation sites (N-methyl/N-ethyl adjacent to an activating group) is 1. The molecule has 64 valence electrons. The molecule has 0 N–H and O–H groups in total. The van der Waals surface area contributed by atoms with Gasteiger partial charge in [0.2, 0.25) is 5.91 Å². The van der Waals surface area contributed by atoms with E-state index in [-0.39, 0.29) is 18.3 Å². The van der Waals surface area contributed by atoms with E-state index in [9.17, 15) is 9.59 Å². The van der Waals surface area contributed by atoms with Crippen molar-refractivity contribution in [2.24, 2.45) is 0 Å². The Labute approximate surface area is 70.1 Å². The number of carbonyl (C=O) groups excluding carboxylic acids is 2. The zero-order valence-electron chi connectivity index (χ0n) is 6.46. The molecule has 11 heavy (non-hydrogen) atoms. The van der Waals surface area contributed by atoms with Crippen molar-refractivity contribution in [3.63, 3.8) is 0 Å². The van der Waals surface area contributed by atoms with E-state index in [1.807, 2.05) is 0 Å². The van der Waals surface area contributed by atoms with Crippen molar-refractivity contribution in [2.45, 2.75) is 0 Å². The molecule has 0 aromatic rings. The average molecular weight is 180 g/mol. The largest absolute Gasteiger partial charge is 0.468 e. The Morgan fingerprint density at radius 3 is 2.45 bits per heavy atom. The molecule has 0 aliphatic carbocycles. The summed E-state index contributed by atoms with van der Waals surface area (Å²) in [6, 6.07) is 0. The van der Waals surface area contributed by atoms with Crippen LogP contribution in [0.3, 0.4) is 0 Å². The van der Waals surface area contributed by atoms with Crippen LogP contribution in [0.25, 0.3) is 0 Å². The first kappa shape index (κ1) is 10.2. The Balaban J connectivity index is 3.77. The van der Waals surface area contributed by atoms with Gasteiger partial charge in [-0.1, -0.05) is 0 Å². The number of carbonyl (C=O) groups is 2. The molecule has 4 nitrogen and oxygen atoms in total. The Hall–Kier alpha value is -0.770. The zero-order valence-corrected chi connectivity index (χ0v) is 7.22. The Morgan fingerprint density at radius 1 is 1.55 bits per heavy atom. The fourth-order valence-electron chi connectivity index (χ4n) is 0.448. The second-order valence-electron chi connectivity index (χ2n) is 1.96. The molecule has 0 radical (unpaired) electrons. The van der Waals surface area contributed by atoms with Crippen LogP contribution in [-0.2, 0) is 14.3 Å². The van der Waals surface area contributed by atoms with Crippen LogP contribution < -0.4 is 0 Å². The van der Waals surface area contributed by atoms with Crippen LogP contribution in [0.1, 0.15) is 0 Å². The lowest BCUT2D eigenvalue weighted by molar-refractivity contribution is -0.145. The van der Waals surface area contributed by atoms with Gasteiger partial charge < -0.3 is 9.64 Å². The molecule has 1 amide bonds. The molecule has 0 rings (SSSR count). The number of hydrogen-bond acceptors (Lipinski definition) is 3. The molecule has 0 atom stereocenters. The van der Waals surface area contributed by atoms with E-state index in [2.05, 4.69) is 4.74 Å². The second kappa shape index (κ2) is 4.96. The average Bonchev–Trinajstić information content (AvgIpc) is 2.02. The van der Waals surface area contributed by atoms with E-state index in [1.54, 1.807) is 0 Å². The summed E-state index contributed by atoms with van der Waals surface area (Å²) >= 11 is 5.23. The summed E-state index contributed by atoms with van der Waals surface area (Å²) in [7, 11) is 2.75. The van der Waals surface area contributed by atoms with Crippen molar-refractivity contribution in [1.29, 1.82) is 0 Å². The maximum absolute atomic E-state index is 10.7. The monoisotopic (exact) mass is 179 g/mol. The van der Waals surface area contributed by atoms with Crippen molar-refractivity contribution < 1.29 is 14.3 Å². The number of amides is 1. The van der Waals surface area contributed by atoms with Crippen LogP contribution in [-0.4, -0.2) is 43.4 Å². The lowest BCUT2D eigenvalue weighted by Gasteiger charge is -2.12. The molecule has 0 spiro atoms. The Bertz CT molecular complexity index is 160. The number of alkyl halides is 1. The highest BCUT2D eigenvalue weighted by Crippen LogP contribution is 1.88. The van der Waals surface area contributed by atoms with Crippen LogP contribution in [0, 0.1) is 0 Å². The molecule has 0 aliphatic rings. The van der Waals surface area contributed by atoms with Gasteiger partial charge in [0.05, 0.1) is 7.11 Å². The smallest absolute Gasteiger partial charge is 0.325 e. The molecule has 0 unspecified atom stereocenters. The van der Waals surface area contributed by atoms with Crippen molar-refractivity contribution in [3.8, 4) is 0 Å². The minimum atomic E-state index is -0.453. The SMILES string of the molecule is COC(=O)CN(C)C(=O)CCl. The van der Waals surface area contributed by atoms with Crippen molar-refractivity contribution in [3.05, 3.63) is 0 Å². The van der Waals surface area contributed by atoms with Gasteiger partial charge in [0.25, 0.3) is 0 Å². The quantitative estimate of drug-likeness (QED) is 0.448. The van der Waals surface area contributed by atoms with Crippen LogP contribution >= 0.6 is 11.6 Å². The van der Waals surface area contributed by atoms with Crippen molar-refractivity contribution in [1.82, 2.24) is 4.90 Å². The summed E-state index contributed by atoms with van der Waals surface area (Å²) in [6.45, 7) is -0.0535. The topological polar surface area (TPSA) is 46.6 Å². The summed E-state index contributed by atoms with van der Waals surface area (Å²) in [5.74, 6) is -0.865. The molecule has 0 saturated carbocycles. The first-order chi connectivity index (χ1) is 5.11. The molecule has 0 aromatic heterocycles. The van der Waals surface area contributed by atoms with Gasteiger partial charge in [0.15, 0.2) is 0 Å². The van der Waals surface area contributed by atoms with Gasteiger partial charge in [0, 0.05) is 7.05 Å².